The topological polar surface area (TPSA) is 90.7 Å². The molecule has 1 aromatic carbocycles. The Kier molecular flexibility index (Phi) is 6.09. The van der Waals surface area contributed by atoms with Crippen molar-refractivity contribution in [3.05, 3.63) is 29.8 Å². The van der Waals surface area contributed by atoms with E-state index >= 15 is 0 Å². The van der Waals surface area contributed by atoms with Gasteiger partial charge in [-0.2, -0.15) is 0 Å². The van der Waals surface area contributed by atoms with Crippen LogP contribution >= 0.6 is 0 Å². The number of hydrogen-bond acceptors (Lipinski definition) is 5. The van der Waals surface area contributed by atoms with E-state index in [4.69, 9.17) is 14.6 Å². The van der Waals surface area contributed by atoms with E-state index in [2.05, 4.69) is 5.32 Å². The van der Waals surface area contributed by atoms with Gasteiger partial charge in [-0.05, 0) is 31.5 Å². The Morgan fingerprint density at radius 1 is 1.20 bits per heavy atom. The highest BCUT2D eigenvalue weighted by Gasteiger charge is 2.19. The summed E-state index contributed by atoms with van der Waals surface area (Å²) in [5, 5.41) is 8.42. The van der Waals surface area contributed by atoms with Gasteiger partial charge in [0.05, 0.1) is 10.9 Å². The molecule has 6 nitrogen and oxygen atoms in total. The standard InChI is InChI=1S/C13H22N2O4S/c1-9(15-10(2)13(18-3)19-4)11-6-5-7-12(8-11)20(14,16)17/h5-10,13,15H,1-4H3,(H2,14,16,17). The summed E-state index contributed by atoms with van der Waals surface area (Å²) in [5.74, 6) is 0. The van der Waals surface area contributed by atoms with Gasteiger partial charge in [-0.3, -0.25) is 0 Å². The molecule has 0 aliphatic heterocycles. The van der Waals surface area contributed by atoms with E-state index in [1.807, 2.05) is 19.9 Å². The third-order valence-electron chi connectivity index (χ3n) is 3.07. The first kappa shape index (κ1) is 17.1. The minimum atomic E-state index is -3.69. The van der Waals surface area contributed by atoms with Crippen LogP contribution in [0.15, 0.2) is 29.2 Å². The molecular weight excluding hydrogens is 280 g/mol. The van der Waals surface area contributed by atoms with Gasteiger partial charge in [-0.1, -0.05) is 12.1 Å². The second-order valence-corrected chi connectivity index (χ2v) is 6.20. The molecule has 0 heterocycles. The number of benzene rings is 1. The number of ether oxygens (including phenoxy) is 2. The van der Waals surface area contributed by atoms with Crippen LogP contribution in [0.4, 0.5) is 0 Å². The van der Waals surface area contributed by atoms with Crippen molar-refractivity contribution in [2.45, 2.75) is 37.1 Å². The van der Waals surface area contributed by atoms with E-state index in [0.29, 0.717) is 0 Å². The monoisotopic (exact) mass is 302 g/mol. The van der Waals surface area contributed by atoms with E-state index in [1.54, 1.807) is 26.4 Å². The minimum Gasteiger partial charge on any atom is -0.354 e. The first-order chi connectivity index (χ1) is 9.29. The zero-order valence-corrected chi connectivity index (χ0v) is 13.0. The first-order valence-electron chi connectivity index (χ1n) is 6.24. The van der Waals surface area contributed by atoms with Crippen LogP contribution in [0, 0.1) is 0 Å². The van der Waals surface area contributed by atoms with Crippen molar-refractivity contribution in [3.63, 3.8) is 0 Å². The lowest BCUT2D eigenvalue weighted by Crippen LogP contribution is -2.40. The molecule has 0 aliphatic carbocycles. The Hall–Kier alpha value is -0.990. The van der Waals surface area contributed by atoms with Crippen molar-refractivity contribution in [1.29, 1.82) is 0 Å². The van der Waals surface area contributed by atoms with Crippen molar-refractivity contribution in [1.82, 2.24) is 5.32 Å². The van der Waals surface area contributed by atoms with Crippen LogP contribution in [-0.4, -0.2) is 35.0 Å². The summed E-state index contributed by atoms with van der Waals surface area (Å²) in [6.45, 7) is 3.86. The van der Waals surface area contributed by atoms with E-state index in [9.17, 15) is 8.42 Å². The molecule has 114 valence electrons. The van der Waals surface area contributed by atoms with Crippen LogP contribution in [0.1, 0.15) is 25.5 Å². The Morgan fingerprint density at radius 3 is 2.30 bits per heavy atom. The summed E-state index contributed by atoms with van der Waals surface area (Å²) in [6, 6.07) is 6.42. The van der Waals surface area contributed by atoms with E-state index < -0.39 is 10.0 Å². The zero-order chi connectivity index (χ0) is 15.3. The predicted octanol–water partition coefficient (Wildman–Crippen LogP) is 0.992. The second kappa shape index (κ2) is 7.14. The highest BCUT2D eigenvalue weighted by Crippen LogP contribution is 2.18. The number of nitrogens with two attached hydrogens (primary N) is 1. The molecule has 2 unspecified atom stereocenters. The predicted molar refractivity (Wildman–Crippen MR) is 76.6 cm³/mol. The maximum Gasteiger partial charge on any atom is 0.238 e. The van der Waals surface area contributed by atoms with Crippen molar-refractivity contribution in [2.75, 3.05) is 14.2 Å². The maximum absolute atomic E-state index is 11.3. The van der Waals surface area contributed by atoms with E-state index in [1.165, 1.54) is 6.07 Å². The van der Waals surface area contributed by atoms with Gasteiger partial charge in [-0.25, -0.2) is 13.6 Å². The molecule has 1 aromatic rings. The summed E-state index contributed by atoms with van der Waals surface area (Å²) in [6.07, 6.45) is -0.376. The van der Waals surface area contributed by atoms with Gasteiger partial charge in [0.15, 0.2) is 6.29 Å². The second-order valence-electron chi connectivity index (χ2n) is 4.63. The van der Waals surface area contributed by atoms with Gasteiger partial charge < -0.3 is 14.8 Å². The fourth-order valence-corrected chi connectivity index (χ4v) is 2.60. The summed E-state index contributed by atoms with van der Waals surface area (Å²) < 4.78 is 33.0. The molecule has 1 rings (SSSR count). The SMILES string of the molecule is COC(OC)C(C)NC(C)c1cccc(S(N)(=O)=O)c1. The Morgan fingerprint density at radius 2 is 1.80 bits per heavy atom. The largest absolute Gasteiger partial charge is 0.354 e. The fourth-order valence-electron chi connectivity index (χ4n) is 2.03. The Bertz CT molecular complexity index is 529. The molecule has 0 saturated heterocycles. The van der Waals surface area contributed by atoms with E-state index in [-0.39, 0.29) is 23.3 Å². The van der Waals surface area contributed by atoms with Gasteiger partial charge in [0.25, 0.3) is 0 Å². The molecule has 0 spiro atoms. The van der Waals surface area contributed by atoms with Crippen molar-refractivity contribution < 1.29 is 17.9 Å². The third-order valence-corrected chi connectivity index (χ3v) is 3.98. The van der Waals surface area contributed by atoms with Gasteiger partial charge in [0, 0.05) is 20.3 Å². The van der Waals surface area contributed by atoms with E-state index in [0.717, 1.165) is 5.56 Å². The van der Waals surface area contributed by atoms with Gasteiger partial charge in [0.2, 0.25) is 10.0 Å². The lowest BCUT2D eigenvalue weighted by atomic mass is 10.1. The average Bonchev–Trinajstić information content (AvgIpc) is 2.39. The molecule has 20 heavy (non-hydrogen) atoms. The molecule has 3 N–H and O–H groups in total. The van der Waals surface area contributed by atoms with Crippen LogP contribution in [-0.2, 0) is 19.5 Å². The van der Waals surface area contributed by atoms with Gasteiger partial charge >= 0.3 is 0 Å². The lowest BCUT2D eigenvalue weighted by molar-refractivity contribution is -0.120. The third kappa shape index (κ3) is 4.53. The molecule has 7 heteroatoms. The molecular formula is C13H22N2O4S. The average molecular weight is 302 g/mol. The van der Waals surface area contributed by atoms with Crippen LogP contribution < -0.4 is 10.5 Å². The maximum atomic E-state index is 11.3. The van der Waals surface area contributed by atoms with Crippen molar-refractivity contribution >= 4 is 10.0 Å². The summed E-state index contributed by atoms with van der Waals surface area (Å²) in [7, 11) is -0.554. The summed E-state index contributed by atoms with van der Waals surface area (Å²) in [4.78, 5) is 0.103. The van der Waals surface area contributed by atoms with Crippen LogP contribution in [0.2, 0.25) is 0 Å². The van der Waals surface area contributed by atoms with Crippen molar-refractivity contribution in [2.24, 2.45) is 5.14 Å². The molecule has 0 amide bonds. The lowest BCUT2D eigenvalue weighted by Gasteiger charge is -2.26. The normalized spacial score (nSPS) is 15.3. The summed E-state index contributed by atoms with van der Waals surface area (Å²) in [5.41, 5.74) is 0.828. The molecule has 0 fully saturated rings. The first-order valence-corrected chi connectivity index (χ1v) is 7.78. The van der Waals surface area contributed by atoms with Gasteiger partial charge in [-0.15, -0.1) is 0 Å². The highest BCUT2D eigenvalue weighted by atomic mass is 32.2. The number of methoxy groups -OCH3 is 2. The molecule has 0 aliphatic rings. The quantitative estimate of drug-likeness (QED) is 0.733. The molecule has 0 bridgehead atoms. The number of sulfonamides is 1. The molecule has 2 atom stereocenters. The number of primary sulfonamides is 1. The summed E-state index contributed by atoms with van der Waals surface area (Å²) >= 11 is 0. The van der Waals surface area contributed by atoms with Crippen molar-refractivity contribution in [3.8, 4) is 0 Å². The smallest absolute Gasteiger partial charge is 0.238 e. The minimum absolute atomic E-state index is 0.0573. The fraction of sp³-hybridized carbons (Fsp3) is 0.538. The molecule has 0 saturated carbocycles. The highest BCUT2D eigenvalue weighted by molar-refractivity contribution is 7.89. The van der Waals surface area contributed by atoms with Gasteiger partial charge in [0.1, 0.15) is 0 Å². The molecule has 0 aromatic heterocycles. The van der Waals surface area contributed by atoms with Crippen LogP contribution in [0.25, 0.3) is 0 Å². The number of hydrogen-bond donors (Lipinski definition) is 2. The Labute approximate surface area is 120 Å². The zero-order valence-electron chi connectivity index (χ0n) is 12.2. The number of nitrogens with one attached hydrogen (secondary N) is 1. The van der Waals surface area contributed by atoms with Crippen LogP contribution in [0.5, 0.6) is 0 Å². The number of rotatable bonds is 7. The van der Waals surface area contributed by atoms with Crippen LogP contribution in [0.3, 0.4) is 0 Å². The molecule has 0 radical (unpaired) electrons. The Balaban J connectivity index is 2.85.